The molecule has 3 N–H and O–H groups in total. The zero-order valence-corrected chi connectivity index (χ0v) is 18.2. The van der Waals surface area contributed by atoms with Gasteiger partial charge in [0.15, 0.2) is 0 Å². The van der Waals surface area contributed by atoms with Gasteiger partial charge in [-0.05, 0) is 78.8 Å². The van der Waals surface area contributed by atoms with Crippen molar-refractivity contribution in [2.24, 2.45) is 5.73 Å². The van der Waals surface area contributed by atoms with Crippen molar-refractivity contribution >= 4 is 38.6 Å². The van der Waals surface area contributed by atoms with Gasteiger partial charge < -0.3 is 15.5 Å². The predicted molar refractivity (Wildman–Crippen MR) is 116 cm³/mol. The lowest BCUT2D eigenvalue weighted by atomic mass is 9.99. The molecule has 29 heavy (non-hydrogen) atoms. The summed E-state index contributed by atoms with van der Waals surface area (Å²) in [5.74, 6) is -0.329. The minimum Gasteiger partial charge on any atom is -0.364 e. The van der Waals surface area contributed by atoms with Gasteiger partial charge >= 0.3 is 0 Å². The molecular formula is C21H28BrN5O2. The van der Waals surface area contributed by atoms with Crippen molar-refractivity contribution in [2.75, 3.05) is 26.2 Å². The molecule has 0 radical (unpaired) electrons. The monoisotopic (exact) mass is 461 g/mol. The molecule has 1 aromatic heterocycles. The molecule has 2 fully saturated rings. The lowest BCUT2D eigenvalue weighted by molar-refractivity contribution is -0.132. The van der Waals surface area contributed by atoms with E-state index in [-0.39, 0.29) is 5.91 Å². The van der Waals surface area contributed by atoms with Crippen molar-refractivity contribution in [3.63, 3.8) is 0 Å². The highest BCUT2D eigenvalue weighted by atomic mass is 79.9. The first-order valence-corrected chi connectivity index (χ1v) is 11.3. The molecule has 0 bridgehead atoms. The SMILES string of the molecule is NC(=O)c1[nH]nc2c(Br)cc(CCC(=O)N3CCC(N4CCCCC4)CC3)cc12. The van der Waals surface area contributed by atoms with E-state index in [0.717, 1.165) is 36.0 Å². The van der Waals surface area contributed by atoms with E-state index in [9.17, 15) is 9.59 Å². The minimum absolute atomic E-state index is 0.209. The number of nitrogens with two attached hydrogens (primary N) is 1. The maximum absolute atomic E-state index is 12.7. The zero-order chi connectivity index (χ0) is 20.4. The topological polar surface area (TPSA) is 95.3 Å². The van der Waals surface area contributed by atoms with E-state index in [0.29, 0.717) is 35.5 Å². The normalized spacial score (nSPS) is 19.0. The molecule has 8 heteroatoms. The van der Waals surface area contributed by atoms with Gasteiger partial charge in [0.25, 0.3) is 5.91 Å². The number of aromatic amines is 1. The highest BCUT2D eigenvalue weighted by Gasteiger charge is 2.27. The quantitative estimate of drug-likeness (QED) is 0.715. The number of piperidine rings is 2. The lowest BCUT2D eigenvalue weighted by Gasteiger charge is -2.40. The van der Waals surface area contributed by atoms with Crippen LogP contribution in [0.15, 0.2) is 16.6 Å². The number of carbonyl (C=O) groups is 2. The molecular weight excluding hydrogens is 434 g/mol. The number of halogens is 1. The number of hydrogen-bond donors (Lipinski definition) is 2. The van der Waals surface area contributed by atoms with E-state index in [1.165, 1.54) is 32.4 Å². The second-order valence-corrected chi connectivity index (χ2v) is 9.00. The number of rotatable bonds is 5. The number of aryl methyl sites for hydroxylation is 1. The van der Waals surface area contributed by atoms with Crippen molar-refractivity contribution in [3.05, 3.63) is 27.9 Å². The van der Waals surface area contributed by atoms with Gasteiger partial charge in [0.1, 0.15) is 11.2 Å². The summed E-state index contributed by atoms with van der Waals surface area (Å²) in [6.07, 6.45) is 7.25. The number of likely N-dealkylation sites (tertiary alicyclic amines) is 2. The number of fused-ring (bicyclic) bond motifs is 1. The van der Waals surface area contributed by atoms with E-state index in [2.05, 4.69) is 31.0 Å². The highest BCUT2D eigenvalue weighted by molar-refractivity contribution is 9.10. The number of benzene rings is 1. The number of hydrogen-bond acceptors (Lipinski definition) is 4. The smallest absolute Gasteiger partial charge is 0.267 e. The molecule has 2 aromatic rings. The zero-order valence-electron chi connectivity index (χ0n) is 16.6. The Labute approximate surface area is 179 Å². The van der Waals surface area contributed by atoms with Crippen LogP contribution in [0.1, 0.15) is 54.6 Å². The molecule has 7 nitrogen and oxygen atoms in total. The Hall–Kier alpha value is -1.93. The first-order valence-electron chi connectivity index (χ1n) is 10.5. The van der Waals surface area contributed by atoms with Gasteiger partial charge in [-0.1, -0.05) is 6.42 Å². The Morgan fingerprint density at radius 3 is 2.55 bits per heavy atom. The molecule has 2 amide bonds. The molecule has 3 heterocycles. The number of H-pyrrole nitrogens is 1. The maximum Gasteiger partial charge on any atom is 0.267 e. The summed E-state index contributed by atoms with van der Waals surface area (Å²) in [7, 11) is 0. The molecule has 0 atom stereocenters. The first kappa shape index (κ1) is 20.3. The third kappa shape index (κ3) is 4.48. The third-order valence-electron chi connectivity index (χ3n) is 6.27. The fourth-order valence-electron chi connectivity index (χ4n) is 4.64. The Morgan fingerprint density at radius 1 is 1.14 bits per heavy atom. The van der Waals surface area contributed by atoms with Crippen molar-refractivity contribution in [1.82, 2.24) is 20.0 Å². The number of aromatic nitrogens is 2. The molecule has 156 valence electrons. The van der Waals surface area contributed by atoms with Crippen LogP contribution in [0.5, 0.6) is 0 Å². The summed E-state index contributed by atoms with van der Waals surface area (Å²) in [6.45, 7) is 4.15. The van der Waals surface area contributed by atoms with Gasteiger partial charge in [-0.3, -0.25) is 14.7 Å². The van der Waals surface area contributed by atoms with Gasteiger partial charge in [-0.15, -0.1) is 0 Å². The van der Waals surface area contributed by atoms with Gasteiger partial charge in [0.2, 0.25) is 5.91 Å². The fraction of sp³-hybridized carbons (Fsp3) is 0.571. The Morgan fingerprint density at radius 2 is 1.86 bits per heavy atom. The van der Waals surface area contributed by atoms with Crippen molar-refractivity contribution in [3.8, 4) is 0 Å². The van der Waals surface area contributed by atoms with E-state index >= 15 is 0 Å². The van der Waals surface area contributed by atoms with Crippen molar-refractivity contribution < 1.29 is 9.59 Å². The summed E-state index contributed by atoms with van der Waals surface area (Å²) in [6, 6.07) is 4.51. The van der Waals surface area contributed by atoms with Crippen LogP contribution >= 0.6 is 15.9 Å². The van der Waals surface area contributed by atoms with Crippen LogP contribution in [0, 0.1) is 0 Å². The van der Waals surface area contributed by atoms with Gasteiger partial charge in [0, 0.05) is 35.4 Å². The molecule has 0 aliphatic carbocycles. The van der Waals surface area contributed by atoms with Crippen molar-refractivity contribution in [1.29, 1.82) is 0 Å². The Bertz CT molecular complexity index is 898. The Kier molecular flexibility index (Phi) is 6.20. The van der Waals surface area contributed by atoms with Crippen LogP contribution in [-0.4, -0.2) is 64.0 Å². The summed E-state index contributed by atoms with van der Waals surface area (Å²) in [5.41, 5.74) is 7.38. The maximum atomic E-state index is 12.7. The fourth-order valence-corrected chi connectivity index (χ4v) is 5.23. The van der Waals surface area contributed by atoms with E-state index in [4.69, 9.17) is 5.73 Å². The van der Waals surface area contributed by atoms with Crippen molar-refractivity contribution in [2.45, 2.75) is 51.0 Å². The highest BCUT2D eigenvalue weighted by Crippen LogP contribution is 2.27. The molecule has 0 spiro atoms. The van der Waals surface area contributed by atoms with Gasteiger partial charge in [0.05, 0.1) is 0 Å². The van der Waals surface area contributed by atoms with Crippen LogP contribution in [0.4, 0.5) is 0 Å². The summed E-state index contributed by atoms with van der Waals surface area (Å²) >= 11 is 3.50. The first-order chi connectivity index (χ1) is 14.0. The van der Waals surface area contributed by atoms with E-state index < -0.39 is 5.91 Å². The number of nitrogens with one attached hydrogen (secondary N) is 1. The second-order valence-electron chi connectivity index (χ2n) is 8.15. The standard InChI is InChI=1S/C21H28BrN5O2/c22-17-13-14(12-16-19(17)24-25-20(16)21(23)29)4-5-18(28)27-10-6-15(7-11-27)26-8-2-1-3-9-26/h12-13,15H,1-11H2,(H2,23,29)(H,24,25). The Balaban J connectivity index is 1.34. The lowest BCUT2D eigenvalue weighted by Crippen LogP contribution is -2.48. The van der Waals surface area contributed by atoms with Crippen LogP contribution < -0.4 is 5.73 Å². The summed E-state index contributed by atoms with van der Waals surface area (Å²) in [5, 5.41) is 7.53. The van der Waals surface area contributed by atoms with Gasteiger partial charge in [-0.2, -0.15) is 5.10 Å². The third-order valence-corrected chi connectivity index (χ3v) is 6.87. The van der Waals surface area contributed by atoms with E-state index in [1.54, 1.807) is 0 Å². The van der Waals surface area contributed by atoms with Gasteiger partial charge in [-0.25, -0.2) is 0 Å². The molecule has 2 saturated heterocycles. The summed E-state index contributed by atoms with van der Waals surface area (Å²) < 4.78 is 0.795. The molecule has 1 aromatic carbocycles. The van der Waals surface area contributed by atoms with Crippen LogP contribution in [0.25, 0.3) is 10.9 Å². The number of amides is 2. The van der Waals surface area contributed by atoms with Crippen LogP contribution in [0.2, 0.25) is 0 Å². The summed E-state index contributed by atoms with van der Waals surface area (Å²) in [4.78, 5) is 29.0. The molecule has 4 rings (SSSR count). The van der Waals surface area contributed by atoms with E-state index in [1.807, 2.05) is 17.0 Å². The molecule has 0 unspecified atom stereocenters. The molecule has 0 saturated carbocycles. The minimum atomic E-state index is -0.538. The molecule has 2 aliphatic rings. The largest absolute Gasteiger partial charge is 0.364 e. The number of carbonyl (C=O) groups excluding carboxylic acids is 2. The average molecular weight is 462 g/mol. The van der Waals surface area contributed by atoms with Crippen LogP contribution in [-0.2, 0) is 11.2 Å². The predicted octanol–water partition coefficient (Wildman–Crippen LogP) is 2.83. The second kappa shape index (κ2) is 8.83. The number of nitrogens with zero attached hydrogens (tertiary/aromatic N) is 3. The number of primary amides is 1. The average Bonchev–Trinajstić information content (AvgIpc) is 3.18. The van der Waals surface area contributed by atoms with Crippen LogP contribution in [0.3, 0.4) is 0 Å². The molecule has 2 aliphatic heterocycles.